The summed E-state index contributed by atoms with van der Waals surface area (Å²) in [4.78, 5) is 35.6. The fourth-order valence-corrected chi connectivity index (χ4v) is 6.68. The van der Waals surface area contributed by atoms with Crippen LogP contribution in [0.3, 0.4) is 0 Å². The zero-order chi connectivity index (χ0) is 28.0. The average Bonchev–Trinajstić information content (AvgIpc) is 3.62. The van der Waals surface area contributed by atoms with Crippen molar-refractivity contribution in [2.75, 3.05) is 62.7 Å². The fourth-order valence-electron chi connectivity index (χ4n) is 6.68. The second-order valence-electron chi connectivity index (χ2n) is 11.8. The maximum absolute atomic E-state index is 13.7. The molecule has 3 fully saturated rings. The Hall–Kier alpha value is -4.17. The number of carbonyl (C=O) groups is 2. The van der Waals surface area contributed by atoms with Gasteiger partial charge in [-0.15, -0.1) is 0 Å². The first-order valence-electron chi connectivity index (χ1n) is 14.7. The Bertz CT molecular complexity index is 1560. The lowest BCUT2D eigenvalue weighted by molar-refractivity contribution is -0.127. The molecule has 0 aliphatic carbocycles. The molecule has 7 rings (SSSR count). The van der Waals surface area contributed by atoms with E-state index < -0.39 is 0 Å². The lowest BCUT2D eigenvalue weighted by Gasteiger charge is -2.38. The third-order valence-electron chi connectivity index (χ3n) is 9.46. The Labute approximate surface area is 240 Å². The Morgan fingerprint density at radius 2 is 1.44 bits per heavy atom. The lowest BCUT2D eigenvalue weighted by atomic mass is 9.77. The molecule has 1 N–H and O–H groups in total. The lowest BCUT2D eigenvalue weighted by Crippen LogP contribution is -2.46. The minimum absolute atomic E-state index is 0.0657. The second kappa shape index (κ2) is 10.3. The summed E-state index contributed by atoms with van der Waals surface area (Å²) in [7, 11) is 2.15. The van der Waals surface area contributed by atoms with Gasteiger partial charge in [0, 0.05) is 68.1 Å². The number of benzene rings is 3. The number of carbonyl (C=O) groups excluding carboxylic acids is 2. The third kappa shape index (κ3) is 4.76. The standard InChI is InChI=1S/C33H36N6O2/c1-36-18-20-37(21-19-36)28-8-6-25(7-9-28)31(40)38-15-12-33(13-16-38)14-17-39(32(33)41)29-10-4-24(5-11-29)26-2-3-27-23-34-35-30(27)22-26/h2-11,22-23H,12-21H2,1H3,(H,34,35). The highest BCUT2D eigenvalue weighted by atomic mass is 16.2. The number of piperidine rings is 1. The van der Waals surface area contributed by atoms with Gasteiger partial charge >= 0.3 is 0 Å². The molecule has 2 amide bonds. The van der Waals surface area contributed by atoms with Crippen molar-refractivity contribution in [3.05, 3.63) is 78.5 Å². The van der Waals surface area contributed by atoms with Gasteiger partial charge < -0.3 is 19.6 Å². The molecule has 0 bridgehead atoms. The molecule has 0 atom stereocenters. The fraction of sp³-hybridized carbons (Fsp3) is 0.364. The van der Waals surface area contributed by atoms with E-state index in [1.165, 1.54) is 5.69 Å². The number of anilines is 2. The molecule has 0 radical (unpaired) electrons. The van der Waals surface area contributed by atoms with Gasteiger partial charge in [0.1, 0.15) is 0 Å². The normalized spacial score (nSPS) is 19.4. The molecule has 0 unspecified atom stereocenters. The Kier molecular flexibility index (Phi) is 6.50. The first-order valence-corrected chi connectivity index (χ1v) is 14.7. The highest BCUT2D eigenvalue weighted by Crippen LogP contribution is 2.43. The van der Waals surface area contributed by atoms with Crippen molar-refractivity contribution in [3.63, 3.8) is 0 Å². The molecule has 1 spiro atoms. The summed E-state index contributed by atoms with van der Waals surface area (Å²) < 4.78 is 0. The van der Waals surface area contributed by atoms with Crippen LogP contribution < -0.4 is 9.80 Å². The zero-order valence-electron chi connectivity index (χ0n) is 23.6. The number of nitrogens with one attached hydrogen (secondary N) is 1. The molecule has 4 heterocycles. The summed E-state index contributed by atoms with van der Waals surface area (Å²) in [6.45, 7) is 6.09. The first kappa shape index (κ1) is 25.8. The van der Waals surface area contributed by atoms with Gasteiger partial charge in [-0.2, -0.15) is 5.10 Å². The average molecular weight is 549 g/mol. The number of aromatic amines is 1. The Morgan fingerprint density at radius 3 is 2.17 bits per heavy atom. The van der Waals surface area contributed by atoms with E-state index >= 15 is 0 Å². The molecule has 3 aromatic carbocycles. The number of aromatic nitrogens is 2. The van der Waals surface area contributed by atoms with E-state index in [4.69, 9.17) is 0 Å². The monoisotopic (exact) mass is 548 g/mol. The minimum Gasteiger partial charge on any atom is -0.369 e. The zero-order valence-corrected chi connectivity index (χ0v) is 23.6. The minimum atomic E-state index is -0.369. The van der Waals surface area contributed by atoms with Crippen molar-refractivity contribution in [3.8, 4) is 11.1 Å². The number of likely N-dealkylation sites (N-methyl/N-ethyl adjacent to an activating group) is 1. The smallest absolute Gasteiger partial charge is 0.253 e. The number of hydrogen-bond donors (Lipinski definition) is 1. The second-order valence-corrected chi connectivity index (χ2v) is 11.8. The molecule has 8 heteroatoms. The Morgan fingerprint density at radius 1 is 0.780 bits per heavy atom. The largest absolute Gasteiger partial charge is 0.369 e. The van der Waals surface area contributed by atoms with E-state index in [-0.39, 0.29) is 17.2 Å². The van der Waals surface area contributed by atoms with E-state index in [0.29, 0.717) is 13.1 Å². The number of rotatable bonds is 4. The molecule has 8 nitrogen and oxygen atoms in total. The van der Waals surface area contributed by atoms with Crippen LogP contribution in [0.2, 0.25) is 0 Å². The van der Waals surface area contributed by atoms with Crippen LogP contribution in [0.25, 0.3) is 22.0 Å². The molecular weight excluding hydrogens is 512 g/mol. The molecule has 41 heavy (non-hydrogen) atoms. The number of H-pyrrole nitrogens is 1. The summed E-state index contributed by atoms with van der Waals surface area (Å²) in [6, 6.07) is 22.6. The van der Waals surface area contributed by atoms with E-state index in [2.05, 4.69) is 69.5 Å². The van der Waals surface area contributed by atoms with Crippen LogP contribution in [0.4, 0.5) is 11.4 Å². The van der Waals surface area contributed by atoms with Gasteiger partial charge in [-0.05, 0) is 79.9 Å². The number of piperazine rings is 1. The number of hydrogen-bond acceptors (Lipinski definition) is 5. The maximum Gasteiger partial charge on any atom is 0.253 e. The van der Waals surface area contributed by atoms with Crippen LogP contribution in [0, 0.1) is 5.41 Å². The summed E-state index contributed by atoms with van der Waals surface area (Å²) in [5, 5.41) is 8.23. The predicted molar refractivity (Wildman–Crippen MR) is 162 cm³/mol. The van der Waals surface area contributed by atoms with Crippen molar-refractivity contribution < 1.29 is 9.59 Å². The first-order chi connectivity index (χ1) is 20.0. The molecule has 210 valence electrons. The quantitative estimate of drug-likeness (QED) is 0.402. The highest BCUT2D eigenvalue weighted by Gasteiger charge is 2.49. The van der Waals surface area contributed by atoms with E-state index in [0.717, 1.165) is 85.3 Å². The number of nitrogens with zero attached hydrogens (tertiary/aromatic N) is 5. The van der Waals surface area contributed by atoms with Crippen LogP contribution in [0.15, 0.2) is 72.9 Å². The SMILES string of the molecule is CN1CCN(c2ccc(C(=O)N3CCC4(CC3)CCN(c3ccc(-c5ccc6cn[nH]c6c5)cc3)C4=O)cc2)CC1. The molecule has 3 aliphatic heterocycles. The van der Waals surface area contributed by atoms with Crippen LogP contribution >= 0.6 is 0 Å². The number of amides is 2. The predicted octanol–water partition coefficient (Wildman–Crippen LogP) is 4.64. The highest BCUT2D eigenvalue weighted by molar-refractivity contribution is 6.00. The van der Waals surface area contributed by atoms with E-state index in [1.54, 1.807) is 0 Å². The molecular formula is C33H36N6O2. The van der Waals surface area contributed by atoms with Gasteiger partial charge in [0.2, 0.25) is 5.91 Å². The molecule has 3 saturated heterocycles. The van der Waals surface area contributed by atoms with Gasteiger partial charge in [-0.1, -0.05) is 24.3 Å². The van der Waals surface area contributed by atoms with Crippen LogP contribution in [0.5, 0.6) is 0 Å². The number of fused-ring (bicyclic) bond motifs is 1. The molecule has 4 aromatic rings. The van der Waals surface area contributed by atoms with Crippen LogP contribution in [-0.4, -0.2) is 84.7 Å². The van der Waals surface area contributed by atoms with Gasteiger partial charge in [0.15, 0.2) is 0 Å². The van der Waals surface area contributed by atoms with Crippen molar-refractivity contribution in [1.29, 1.82) is 0 Å². The molecule has 3 aliphatic rings. The van der Waals surface area contributed by atoms with E-state index in [9.17, 15) is 9.59 Å². The van der Waals surface area contributed by atoms with Gasteiger partial charge in [-0.3, -0.25) is 14.7 Å². The number of likely N-dealkylation sites (tertiary alicyclic amines) is 1. The van der Waals surface area contributed by atoms with Crippen LogP contribution in [-0.2, 0) is 4.79 Å². The van der Waals surface area contributed by atoms with Gasteiger partial charge in [-0.25, -0.2) is 0 Å². The Balaban J connectivity index is 0.977. The van der Waals surface area contributed by atoms with E-state index in [1.807, 2.05) is 40.3 Å². The molecule has 1 aromatic heterocycles. The summed E-state index contributed by atoms with van der Waals surface area (Å²) in [5.74, 6) is 0.267. The topological polar surface area (TPSA) is 75.8 Å². The van der Waals surface area contributed by atoms with Gasteiger partial charge in [0.05, 0.1) is 17.1 Å². The summed E-state index contributed by atoms with van der Waals surface area (Å²) >= 11 is 0. The van der Waals surface area contributed by atoms with Crippen molar-refractivity contribution in [2.24, 2.45) is 5.41 Å². The van der Waals surface area contributed by atoms with Crippen molar-refractivity contribution in [1.82, 2.24) is 20.0 Å². The van der Waals surface area contributed by atoms with Crippen LogP contribution in [0.1, 0.15) is 29.6 Å². The summed E-state index contributed by atoms with van der Waals surface area (Å²) in [6.07, 6.45) is 4.10. The van der Waals surface area contributed by atoms with Crippen molar-refractivity contribution >= 4 is 34.1 Å². The summed E-state index contributed by atoms with van der Waals surface area (Å²) in [5.41, 5.74) is 5.71. The molecule has 0 saturated carbocycles. The maximum atomic E-state index is 13.7. The van der Waals surface area contributed by atoms with Gasteiger partial charge in [0.25, 0.3) is 5.91 Å². The van der Waals surface area contributed by atoms with Crippen molar-refractivity contribution in [2.45, 2.75) is 19.3 Å². The third-order valence-corrected chi connectivity index (χ3v) is 9.46.